The Morgan fingerprint density at radius 1 is 1.00 bits per heavy atom. The van der Waals surface area contributed by atoms with Crippen molar-refractivity contribution < 1.29 is 9.59 Å². The topological polar surface area (TPSA) is 58.2 Å². The van der Waals surface area contributed by atoms with Gasteiger partial charge in [-0.3, -0.25) is 9.59 Å². The van der Waals surface area contributed by atoms with Crippen LogP contribution in [0.4, 0.5) is 5.69 Å². The van der Waals surface area contributed by atoms with Gasteiger partial charge in [0.25, 0.3) is 5.91 Å². The molecule has 0 aliphatic heterocycles. The highest BCUT2D eigenvalue weighted by Gasteiger charge is 2.12. The molecule has 0 unspecified atom stereocenters. The third-order valence-electron chi connectivity index (χ3n) is 3.32. The molecule has 4 heteroatoms. The van der Waals surface area contributed by atoms with Gasteiger partial charge >= 0.3 is 0 Å². The minimum Gasteiger partial charge on any atom is -0.322 e. The number of rotatable bonds is 4. The zero-order valence-corrected chi connectivity index (χ0v) is 13.5. The summed E-state index contributed by atoms with van der Waals surface area (Å²) in [4.78, 5) is 23.9. The Bertz CT molecular complexity index is 763. The van der Waals surface area contributed by atoms with Gasteiger partial charge in [0.05, 0.1) is 0 Å². The molecule has 4 nitrogen and oxygen atoms in total. The molecule has 0 aliphatic carbocycles. The van der Waals surface area contributed by atoms with E-state index in [1.165, 1.54) is 6.92 Å². The lowest BCUT2D eigenvalue weighted by molar-refractivity contribution is -0.120. The molecule has 2 aromatic carbocycles. The zero-order chi connectivity index (χ0) is 16.8. The van der Waals surface area contributed by atoms with Crippen LogP contribution in [0.5, 0.6) is 0 Å². The van der Waals surface area contributed by atoms with E-state index in [4.69, 9.17) is 0 Å². The average Bonchev–Trinajstić information content (AvgIpc) is 2.48. The van der Waals surface area contributed by atoms with E-state index in [-0.39, 0.29) is 17.5 Å². The Hall–Kier alpha value is -2.88. The third kappa shape index (κ3) is 4.81. The van der Waals surface area contributed by atoms with Gasteiger partial charge in [-0.2, -0.15) is 0 Å². The van der Waals surface area contributed by atoms with Gasteiger partial charge in [-0.05, 0) is 48.7 Å². The highest BCUT2D eigenvalue weighted by molar-refractivity contribution is 6.08. The van der Waals surface area contributed by atoms with Crippen LogP contribution in [0.25, 0.3) is 6.08 Å². The van der Waals surface area contributed by atoms with E-state index in [1.807, 2.05) is 62.4 Å². The first-order valence-corrected chi connectivity index (χ1v) is 7.38. The summed E-state index contributed by atoms with van der Waals surface area (Å²) in [7, 11) is 0. The normalized spacial score (nSPS) is 11.0. The first-order chi connectivity index (χ1) is 11.0. The molecule has 0 spiro atoms. The lowest BCUT2D eigenvalue weighted by atomic mass is 10.1. The van der Waals surface area contributed by atoms with Gasteiger partial charge in [0, 0.05) is 12.6 Å². The van der Waals surface area contributed by atoms with Gasteiger partial charge in [-0.1, -0.05) is 36.4 Å². The number of anilines is 1. The van der Waals surface area contributed by atoms with Gasteiger partial charge in [-0.25, -0.2) is 0 Å². The molecule has 2 amide bonds. The minimum absolute atomic E-state index is 0.216. The second-order valence-electron chi connectivity index (χ2n) is 5.42. The molecule has 0 bridgehead atoms. The maximum absolute atomic E-state index is 12.5. The van der Waals surface area contributed by atoms with E-state index in [0.29, 0.717) is 5.69 Å². The second kappa shape index (κ2) is 7.40. The second-order valence-corrected chi connectivity index (χ2v) is 5.42. The van der Waals surface area contributed by atoms with Crippen molar-refractivity contribution in [3.05, 3.63) is 70.9 Å². The van der Waals surface area contributed by atoms with Crippen molar-refractivity contribution in [2.75, 3.05) is 5.32 Å². The Labute approximate surface area is 136 Å². The van der Waals surface area contributed by atoms with E-state index in [1.54, 1.807) is 6.08 Å². The molecule has 23 heavy (non-hydrogen) atoms. The molecular weight excluding hydrogens is 288 g/mol. The number of aryl methyl sites for hydroxylation is 2. The van der Waals surface area contributed by atoms with E-state index in [9.17, 15) is 9.59 Å². The summed E-state index contributed by atoms with van der Waals surface area (Å²) in [5.41, 5.74) is 3.87. The molecular formula is C19H20N2O2. The van der Waals surface area contributed by atoms with Crippen LogP contribution in [-0.2, 0) is 9.59 Å². The smallest absolute Gasteiger partial charge is 0.272 e. The quantitative estimate of drug-likeness (QED) is 0.850. The molecule has 0 saturated heterocycles. The summed E-state index contributed by atoms with van der Waals surface area (Å²) in [6, 6.07) is 15.2. The maximum Gasteiger partial charge on any atom is 0.272 e. The summed E-state index contributed by atoms with van der Waals surface area (Å²) >= 11 is 0. The van der Waals surface area contributed by atoms with Gasteiger partial charge in [0.1, 0.15) is 5.70 Å². The van der Waals surface area contributed by atoms with Crippen LogP contribution in [0.3, 0.4) is 0 Å². The molecule has 118 valence electrons. The van der Waals surface area contributed by atoms with Crippen LogP contribution in [0, 0.1) is 13.8 Å². The largest absolute Gasteiger partial charge is 0.322 e. The fourth-order valence-electron chi connectivity index (χ4n) is 2.17. The molecule has 0 aromatic heterocycles. The predicted octanol–water partition coefficient (Wildman–Crippen LogP) is 3.42. The molecule has 0 heterocycles. The van der Waals surface area contributed by atoms with E-state index < -0.39 is 0 Å². The molecule has 0 radical (unpaired) electrons. The number of hydrogen-bond acceptors (Lipinski definition) is 2. The number of nitrogens with one attached hydrogen (secondary N) is 2. The van der Waals surface area contributed by atoms with Gasteiger partial charge in [0.15, 0.2) is 0 Å². The summed E-state index contributed by atoms with van der Waals surface area (Å²) in [6.07, 6.45) is 1.68. The fraction of sp³-hybridized carbons (Fsp3) is 0.158. The number of amides is 2. The highest BCUT2D eigenvalue weighted by Crippen LogP contribution is 2.14. The standard InChI is InChI=1S/C19H20N2O2/c1-13-7-6-10-17(11-13)21-19(23)18(20-15(3)22)12-16-9-5-4-8-14(16)2/h4-12H,1-3H3,(H,20,22)(H,21,23)/b18-12+. The third-order valence-corrected chi connectivity index (χ3v) is 3.32. The van der Waals surface area contributed by atoms with Crippen LogP contribution in [0.2, 0.25) is 0 Å². The Balaban J connectivity index is 2.29. The van der Waals surface area contributed by atoms with Crippen molar-refractivity contribution in [3.63, 3.8) is 0 Å². The summed E-state index contributed by atoms with van der Waals surface area (Å²) < 4.78 is 0. The van der Waals surface area contributed by atoms with Gasteiger partial charge in [-0.15, -0.1) is 0 Å². The van der Waals surface area contributed by atoms with E-state index >= 15 is 0 Å². The molecule has 0 aliphatic rings. The zero-order valence-electron chi connectivity index (χ0n) is 13.5. The Morgan fingerprint density at radius 3 is 2.39 bits per heavy atom. The molecule has 0 atom stereocenters. The first-order valence-electron chi connectivity index (χ1n) is 7.38. The summed E-state index contributed by atoms with van der Waals surface area (Å²) in [6.45, 7) is 5.29. The molecule has 2 aromatic rings. The first kappa shape index (κ1) is 16.5. The lowest BCUT2D eigenvalue weighted by Crippen LogP contribution is -2.29. The van der Waals surface area contributed by atoms with Gasteiger partial charge < -0.3 is 10.6 Å². The number of carbonyl (C=O) groups is 2. The predicted molar refractivity (Wildman–Crippen MR) is 92.8 cm³/mol. The fourth-order valence-corrected chi connectivity index (χ4v) is 2.17. The molecule has 2 rings (SSSR count). The van der Waals surface area contributed by atoms with Crippen LogP contribution >= 0.6 is 0 Å². The van der Waals surface area contributed by atoms with Crippen LogP contribution < -0.4 is 10.6 Å². The molecule has 0 saturated carbocycles. The molecule has 0 fully saturated rings. The summed E-state index contributed by atoms with van der Waals surface area (Å²) in [5.74, 6) is -0.640. The molecule has 2 N–H and O–H groups in total. The Kier molecular flexibility index (Phi) is 5.31. The van der Waals surface area contributed by atoms with Crippen molar-refractivity contribution in [1.29, 1.82) is 0 Å². The highest BCUT2D eigenvalue weighted by atomic mass is 16.2. The Morgan fingerprint density at radius 2 is 1.74 bits per heavy atom. The van der Waals surface area contributed by atoms with E-state index in [2.05, 4.69) is 10.6 Å². The lowest BCUT2D eigenvalue weighted by Gasteiger charge is -2.11. The van der Waals surface area contributed by atoms with Crippen LogP contribution in [-0.4, -0.2) is 11.8 Å². The van der Waals surface area contributed by atoms with Crippen molar-refractivity contribution in [2.24, 2.45) is 0 Å². The number of hydrogen-bond donors (Lipinski definition) is 2. The van der Waals surface area contributed by atoms with Crippen molar-refractivity contribution in [1.82, 2.24) is 5.32 Å². The van der Waals surface area contributed by atoms with Crippen LogP contribution in [0.15, 0.2) is 54.2 Å². The number of benzene rings is 2. The van der Waals surface area contributed by atoms with Crippen molar-refractivity contribution in [2.45, 2.75) is 20.8 Å². The number of carbonyl (C=O) groups excluding carboxylic acids is 2. The monoisotopic (exact) mass is 308 g/mol. The van der Waals surface area contributed by atoms with Crippen molar-refractivity contribution in [3.8, 4) is 0 Å². The average molecular weight is 308 g/mol. The minimum atomic E-state index is -0.353. The SMILES string of the molecule is CC(=O)N/C(=C/c1ccccc1C)C(=O)Nc1cccc(C)c1. The van der Waals surface area contributed by atoms with E-state index in [0.717, 1.165) is 16.7 Å². The van der Waals surface area contributed by atoms with Crippen molar-refractivity contribution >= 4 is 23.6 Å². The van der Waals surface area contributed by atoms with Gasteiger partial charge in [0.2, 0.25) is 5.91 Å². The van der Waals surface area contributed by atoms with Crippen LogP contribution in [0.1, 0.15) is 23.6 Å². The maximum atomic E-state index is 12.5. The summed E-state index contributed by atoms with van der Waals surface area (Å²) in [5, 5.41) is 5.41.